The molecule has 7 N–H and O–H groups in total. The molecule has 13 nitrogen and oxygen atoms in total. The lowest BCUT2D eigenvalue weighted by molar-refractivity contribution is -0.143. The highest BCUT2D eigenvalue weighted by molar-refractivity contribution is 5.75. The Bertz CT molecular complexity index is 1310. The van der Waals surface area contributed by atoms with Crippen molar-refractivity contribution in [3.63, 3.8) is 0 Å². The number of carbonyl (C=O) groups excluding carboxylic acids is 2. The lowest BCUT2D eigenvalue weighted by Gasteiger charge is -2.17. The van der Waals surface area contributed by atoms with Crippen LogP contribution in [-0.4, -0.2) is 96.1 Å². The molecule has 56 heavy (non-hydrogen) atoms. The van der Waals surface area contributed by atoms with Crippen LogP contribution in [0.25, 0.3) is 0 Å². The number of carbonyl (C=O) groups is 2. The summed E-state index contributed by atoms with van der Waals surface area (Å²) in [6.07, 6.45) is 37.1. The number of guanidine groups is 1. The Morgan fingerprint density at radius 2 is 1.00 bits per heavy atom. The quantitative estimate of drug-likeness (QED) is 0.109. The van der Waals surface area contributed by atoms with E-state index in [0.717, 1.165) is 12.8 Å². The molecule has 0 saturated carbocycles. The van der Waals surface area contributed by atoms with Crippen LogP contribution in [0.1, 0.15) is 64.2 Å². The van der Waals surface area contributed by atoms with E-state index in [1.165, 1.54) is 0 Å². The fourth-order valence-electron chi connectivity index (χ4n) is 4.64. The van der Waals surface area contributed by atoms with E-state index >= 15 is 0 Å². The second kappa shape index (κ2) is 37.2. The van der Waals surface area contributed by atoms with Crippen molar-refractivity contribution in [3.05, 3.63) is 110 Å². The highest BCUT2D eigenvalue weighted by Gasteiger charge is 2.09. The van der Waals surface area contributed by atoms with Crippen LogP contribution in [0, 0.1) is 0 Å². The molecule has 2 atom stereocenters. The molecule has 0 spiro atoms. The van der Waals surface area contributed by atoms with Crippen molar-refractivity contribution in [2.24, 2.45) is 22.2 Å². The standard InChI is InChI=1S/C43H67N5O8/c1-38(44)47-28-26-39-36-51-30-18-10-4-2-8-16-24-41(49)55-34-22-14-6-11-19-31-52-37-40(27-29-48-43(45)46)54-33-21-13-7-15-23-35-56-42(50)25-17-9-3-5-12-20-32-53-39/h2-3,8-15,18-23,39-40,47H,1,4-7,16-17,24-37,44H2,(H4,45,46,48). The Morgan fingerprint density at radius 3 is 1.45 bits per heavy atom. The van der Waals surface area contributed by atoms with Crippen molar-refractivity contribution in [2.45, 2.75) is 76.4 Å². The number of nitrogens with one attached hydrogen (secondary N) is 1. The van der Waals surface area contributed by atoms with Gasteiger partial charge in [0.2, 0.25) is 0 Å². The largest absolute Gasteiger partial charge is 0.461 e. The summed E-state index contributed by atoms with van der Waals surface area (Å²) in [5.74, 6) is -0.00698. The summed E-state index contributed by atoms with van der Waals surface area (Å²) in [6, 6.07) is 0. The second-order valence-corrected chi connectivity index (χ2v) is 12.5. The van der Waals surface area contributed by atoms with Gasteiger partial charge in [0.1, 0.15) is 13.2 Å². The van der Waals surface area contributed by atoms with E-state index < -0.39 is 0 Å². The first kappa shape index (κ1) is 49.3. The first-order valence-corrected chi connectivity index (χ1v) is 19.5. The Morgan fingerprint density at radius 1 is 0.589 bits per heavy atom. The highest BCUT2D eigenvalue weighted by Crippen LogP contribution is 2.04. The van der Waals surface area contributed by atoms with Crippen LogP contribution in [0.5, 0.6) is 0 Å². The molecule has 1 aliphatic heterocycles. The van der Waals surface area contributed by atoms with Crippen molar-refractivity contribution < 1.29 is 38.0 Å². The average molecular weight is 782 g/mol. The third-order valence-electron chi connectivity index (χ3n) is 7.59. The van der Waals surface area contributed by atoms with Gasteiger partial charge in [0, 0.05) is 25.9 Å². The van der Waals surface area contributed by atoms with Crippen LogP contribution in [0.2, 0.25) is 0 Å². The minimum atomic E-state index is -0.235. The number of hydrogen-bond acceptors (Lipinski definition) is 11. The maximum absolute atomic E-state index is 12.1. The third-order valence-corrected chi connectivity index (χ3v) is 7.59. The molecule has 0 saturated heterocycles. The molecule has 312 valence electrons. The summed E-state index contributed by atoms with van der Waals surface area (Å²) in [6.45, 7) is 7.82. The SMILES string of the molecule is C=C(N)NCCC1COCC=CCC=CCCC(=O)OCC=CCC=CCOCC(CCN=C(N)N)OCC=CCC=CCOC(=O)CCC=CCC=CCO1. The molecule has 1 rings (SSSR count). The summed E-state index contributed by atoms with van der Waals surface area (Å²) in [4.78, 5) is 28.1. The Kier molecular flexibility index (Phi) is 32.8. The molecule has 13 heteroatoms. The molecule has 2 unspecified atom stereocenters. The second-order valence-electron chi connectivity index (χ2n) is 12.5. The summed E-state index contributed by atoms with van der Waals surface area (Å²) in [5, 5.41) is 3.02. The number of hydrogen-bond donors (Lipinski definition) is 4. The molecule has 0 amide bonds. The van der Waals surface area contributed by atoms with E-state index in [0.29, 0.717) is 110 Å². The average Bonchev–Trinajstić information content (AvgIpc) is 3.16. The van der Waals surface area contributed by atoms with Crippen LogP contribution in [0.4, 0.5) is 0 Å². The fraction of sp³-hybridized carbons (Fsp3) is 0.512. The van der Waals surface area contributed by atoms with Crippen LogP contribution in [0.15, 0.2) is 115 Å². The lowest BCUT2D eigenvalue weighted by Crippen LogP contribution is -2.28. The summed E-state index contributed by atoms with van der Waals surface area (Å²) in [5.41, 5.74) is 16.6. The van der Waals surface area contributed by atoms with Gasteiger partial charge in [-0.05, 0) is 51.4 Å². The predicted octanol–water partition coefficient (Wildman–Crippen LogP) is 5.53. The zero-order chi connectivity index (χ0) is 40.6. The van der Waals surface area contributed by atoms with Gasteiger partial charge in [-0.25, -0.2) is 0 Å². The van der Waals surface area contributed by atoms with Gasteiger partial charge in [0.25, 0.3) is 0 Å². The van der Waals surface area contributed by atoms with Crippen molar-refractivity contribution in [1.82, 2.24) is 5.32 Å². The van der Waals surface area contributed by atoms with Crippen molar-refractivity contribution >= 4 is 17.9 Å². The Balaban J connectivity index is 2.65. The smallest absolute Gasteiger partial charge is 0.306 e. The van der Waals surface area contributed by atoms with Crippen molar-refractivity contribution in [1.29, 1.82) is 0 Å². The van der Waals surface area contributed by atoms with Crippen molar-refractivity contribution in [3.8, 4) is 0 Å². The molecule has 0 aromatic rings. The normalized spacial score (nSPS) is 20.9. The molecule has 0 aromatic carbocycles. The van der Waals surface area contributed by atoms with Gasteiger partial charge < -0.3 is 50.9 Å². The van der Waals surface area contributed by atoms with Crippen molar-refractivity contribution in [2.75, 3.05) is 65.9 Å². The number of esters is 2. The first-order chi connectivity index (χ1) is 27.4. The molecular weight excluding hydrogens is 714 g/mol. The number of nitrogens with two attached hydrogens (primary N) is 3. The maximum Gasteiger partial charge on any atom is 0.306 e. The van der Waals surface area contributed by atoms with Gasteiger partial charge in [-0.1, -0.05) is 104 Å². The zero-order valence-corrected chi connectivity index (χ0v) is 33.2. The van der Waals surface area contributed by atoms with Crippen LogP contribution >= 0.6 is 0 Å². The van der Waals surface area contributed by atoms with E-state index in [1.807, 2.05) is 97.2 Å². The number of cyclic esters (lactones) is 2. The first-order valence-electron chi connectivity index (χ1n) is 19.5. The van der Waals surface area contributed by atoms with E-state index in [9.17, 15) is 9.59 Å². The zero-order valence-electron chi connectivity index (χ0n) is 33.2. The summed E-state index contributed by atoms with van der Waals surface area (Å²) >= 11 is 0. The predicted molar refractivity (Wildman–Crippen MR) is 224 cm³/mol. The molecule has 0 aromatic heterocycles. The Hall–Kier alpha value is -4.69. The molecule has 0 radical (unpaired) electrons. The van der Waals surface area contributed by atoms with Gasteiger partial charge in [-0.3, -0.25) is 14.6 Å². The Labute approximate surface area is 334 Å². The lowest BCUT2D eigenvalue weighted by atomic mass is 10.2. The molecule has 0 fully saturated rings. The van der Waals surface area contributed by atoms with Gasteiger partial charge in [-0.15, -0.1) is 0 Å². The minimum absolute atomic E-state index is 0.0404. The van der Waals surface area contributed by atoms with Gasteiger partial charge >= 0.3 is 11.9 Å². The molecule has 1 aliphatic rings. The van der Waals surface area contributed by atoms with E-state index in [1.54, 1.807) is 0 Å². The monoisotopic (exact) mass is 781 g/mol. The minimum Gasteiger partial charge on any atom is -0.461 e. The number of rotatable bonds is 7. The highest BCUT2D eigenvalue weighted by atomic mass is 16.5. The topological polar surface area (TPSA) is 192 Å². The van der Waals surface area contributed by atoms with Crippen LogP contribution in [-0.2, 0) is 38.0 Å². The fourth-order valence-corrected chi connectivity index (χ4v) is 4.64. The van der Waals surface area contributed by atoms with E-state index in [4.69, 9.17) is 45.6 Å². The van der Waals surface area contributed by atoms with Gasteiger partial charge in [0.05, 0.1) is 57.7 Å². The van der Waals surface area contributed by atoms with E-state index in [-0.39, 0.29) is 43.3 Å². The maximum atomic E-state index is 12.1. The number of allylic oxidation sites excluding steroid dienone is 10. The van der Waals surface area contributed by atoms with Crippen LogP contribution in [0.3, 0.4) is 0 Å². The molecule has 0 bridgehead atoms. The van der Waals surface area contributed by atoms with E-state index in [2.05, 4.69) is 16.9 Å². The number of ether oxygens (including phenoxy) is 6. The van der Waals surface area contributed by atoms with Gasteiger partial charge in [-0.2, -0.15) is 0 Å². The summed E-state index contributed by atoms with van der Waals surface area (Å²) < 4.78 is 34.2. The molecule has 0 aliphatic carbocycles. The number of aliphatic imine (C=N–C) groups is 1. The third kappa shape index (κ3) is 35.0. The summed E-state index contributed by atoms with van der Waals surface area (Å²) in [7, 11) is 0. The van der Waals surface area contributed by atoms with Crippen LogP contribution < -0.4 is 22.5 Å². The number of nitrogens with zero attached hydrogens (tertiary/aromatic N) is 1. The molecule has 1 heterocycles. The molecular formula is C43H67N5O8. The van der Waals surface area contributed by atoms with Gasteiger partial charge in [0.15, 0.2) is 5.96 Å².